The molecule has 2 aromatic heterocycles. The second-order valence-corrected chi connectivity index (χ2v) is 8.05. The Morgan fingerprint density at radius 2 is 2.03 bits per heavy atom. The Labute approximate surface area is 205 Å². The number of allylic oxidation sites excluding steroid dienone is 1. The minimum Gasteiger partial charge on any atom is -0.461 e. The summed E-state index contributed by atoms with van der Waals surface area (Å²) in [5, 5.41) is 15.5. The monoisotopic (exact) mass is 497 g/mol. The molecule has 10 nitrogen and oxygen atoms in total. The molecule has 0 amide bonds. The number of anilines is 1. The van der Waals surface area contributed by atoms with Crippen molar-refractivity contribution < 1.29 is 22.8 Å². The van der Waals surface area contributed by atoms with E-state index >= 15 is 0 Å². The van der Waals surface area contributed by atoms with E-state index in [1.54, 1.807) is 29.2 Å². The van der Waals surface area contributed by atoms with Crippen LogP contribution in [0.2, 0.25) is 0 Å². The first kappa shape index (κ1) is 24.9. The van der Waals surface area contributed by atoms with Crippen molar-refractivity contribution in [3.63, 3.8) is 0 Å². The third-order valence-electron chi connectivity index (χ3n) is 5.60. The van der Waals surface area contributed by atoms with Gasteiger partial charge in [0.2, 0.25) is 0 Å². The molecule has 1 aliphatic heterocycles. The van der Waals surface area contributed by atoms with Crippen LogP contribution in [-0.4, -0.2) is 52.5 Å². The van der Waals surface area contributed by atoms with Crippen LogP contribution in [0.3, 0.4) is 0 Å². The molecular formula is C24H25F2N7O3. The molecule has 0 saturated carbocycles. The maximum Gasteiger partial charge on any atom is 0.319 e. The Bertz CT molecular complexity index is 1240. The number of nitrogens with two attached hydrogens (primary N) is 1. The van der Waals surface area contributed by atoms with E-state index < -0.39 is 11.8 Å². The second-order valence-electron chi connectivity index (χ2n) is 8.05. The molecule has 1 saturated heterocycles. The van der Waals surface area contributed by atoms with Crippen LogP contribution < -0.4 is 16.0 Å². The minimum absolute atomic E-state index is 0.00299. The van der Waals surface area contributed by atoms with E-state index in [-0.39, 0.29) is 42.4 Å². The van der Waals surface area contributed by atoms with Crippen LogP contribution in [0.1, 0.15) is 29.9 Å². The summed E-state index contributed by atoms with van der Waals surface area (Å²) in [5.41, 5.74) is 6.39. The van der Waals surface area contributed by atoms with Gasteiger partial charge in [-0.15, -0.1) is 0 Å². The number of piperidine rings is 1. The number of carbonyl (C=O) groups excluding carboxylic acids is 1. The third-order valence-corrected chi connectivity index (χ3v) is 5.60. The number of nitrogens with zero attached hydrogens (tertiary/aromatic N) is 4. The highest BCUT2D eigenvalue weighted by Crippen LogP contribution is 2.23. The zero-order chi connectivity index (χ0) is 25.5. The van der Waals surface area contributed by atoms with Crippen molar-refractivity contribution >= 4 is 23.2 Å². The van der Waals surface area contributed by atoms with Crippen LogP contribution in [0.15, 0.2) is 53.4 Å². The van der Waals surface area contributed by atoms with E-state index in [0.29, 0.717) is 42.9 Å². The van der Waals surface area contributed by atoms with Crippen molar-refractivity contribution in [1.29, 1.82) is 5.41 Å². The van der Waals surface area contributed by atoms with Crippen LogP contribution in [0, 0.1) is 17.0 Å². The number of rotatable bonds is 9. The van der Waals surface area contributed by atoms with Crippen molar-refractivity contribution in [1.82, 2.24) is 20.4 Å². The molecule has 0 radical (unpaired) electrons. The lowest BCUT2D eigenvalue weighted by molar-refractivity contribution is -0.148. The molecule has 4 rings (SSSR count). The lowest BCUT2D eigenvalue weighted by Gasteiger charge is -2.32. The quantitative estimate of drug-likeness (QED) is 0.300. The van der Waals surface area contributed by atoms with Gasteiger partial charge in [-0.25, -0.2) is 18.7 Å². The van der Waals surface area contributed by atoms with E-state index in [1.807, 2.05) is 0 Å². The van der Waals surface area contributed by atoms with Gasteiger partial charge >= 0.3 is 5.97 Å². The number of hydrogen-bond acceptors (Lipinski definition) is 10. The zero-order valence-electron chi connectivity index (χ0n) is 19.3. The molecule has 1 aliphatic rings. The topological polar surface area (TPSA) is 143 Å². The van der Waals surface area contributed by atoms with Crippen molar-refractivity contribution in [3.8, 4) is 0 Å². The number of hydrogen-bond donors (Lipinski definition) is 3. The lowest BCUT2D eigenvalue weighted by Crippen LogP contribution is -2.39. The predicted octanol–water partition coefficient (Wildman–Crippen LogP) is 2.41. The summed E-state index contributed by atoms with van der Waals surface area (Å²) in [7, 11) is 0. The first-order valence-corrected chi connectivity index (χ1v) is 11.3. The highest BCUT2D eigenvalue weighted by Gasteiger charge is 2.25. The Kier molecular flexibility index (Phi) is 7.95. The normalized spacial score (nSPS) is 14.5. The average Bonchev–Trinajstić information content (AvgIpc) is 3.43. The van der Waals surface area contributed by atoms with Crippen LogP contribution in [0.5, 0.6) is 0 Å². The number of benzene rings is 1. The minimum atomic E-state index is -0.623. The molecule has 1 aromatic carbocycles. The molecule has 0 aliphatic carbocycles. The number of nitrogens with one attached hydrogen (secondary N) is 2. The third kappa shape index (κ3) is 6.08. The van der Waals surface area contributed by atoms with Crippen molar-refractivity contribution in [3.05, 3.63) is 77.6 Å². The van der Waals surface area contributed by atoms with E-state index in [9.17, 15) is 13.6 Å². The highest BCUT2D eigenvalue weighted by atomic mass is 19.1. The Hall–Kier alpha value is -4.19. The zero-order valence-corrected chi connectivity index (χ0v) is 19.3. The SMILES string of the molecule is N=C(/C=C(\NCc1ccccc1F)c1ccon1)c1ncc(F)c(N2CCC(OC(=O)CN)CC2)n1. The fourth-order valence-electron chi connectivity index (χ4n) is 3.74. The number of ether oxygens (including phenoxy) is 1. The molecule has 3 heterocycles. The van der Waals surface area contributed by atoms with Gasteiger partial charge in [0, 0.05) is 44.1 Å². The fourth-order valence-corrected chi connectivity index (χ4v) is 3.74. The van der Waals surface area contributed by atoms with E-state index in [4.69, 9.17) is 20.4 Å². The molecular weight excluding hydrogens is 472 g/mol. The van der Waals surface area contributed by atoms with Gasteiger partial charge in [-0.1, -0.05) is 23.4 Å². The van der Waals surface area contributed by atoms with Crippen molar-refractivity contribution in [2.24, 2.45) is 5.73 Å². The number of aromatic nitrogens is 3. The van der Waals surface area contributed by atoms with E-state index in [1.165, 1.54) is 18.4 Å². The van der Waals surface area contributed by atoms with Gasteiger partial charge in [0.1, 0.15) is 29.6 Å². The van der Waals surface area contributed by atoms with Crippen LogP contribution in [0.4, 0.5) is 14.6 Å². The molecule has 188 valence electrons. The number of halogens is 2. The largest absolute Gasteiger partial charge is 0.461 e. The van der Waals surface area contributed by atoms with Gasteiger partial charge in [-0.3, -0.25) is 10.2 Å². The summed E-state index contributed by atoms with van der Waals surface area (Å²) >= 11 is 0. The molecule has 0 atom stereocenters. The number of carbonyl (C=O) groups is 1. The lowest BCUT2D eigenvalue weighted by atomic mass is 10.1. The number of esters is 1. The van der Waals surface area contributed by atoms with E-state index in [0.717, 1.165) is 6.20 Å². The molecule has 1 fully saturated rings. The summed E-state index contributed by atoms with van der Waals surface area (Å²) in [6, 6.07) is 7.91. The fraction of sp³-hybridized carbons (Fsp3) is 0.292. The smallest absolute Gasteiger partial charge is 0.319 e. The standard InChI is InChI=1S/C24H25F2N7O3/c25-17-4-2-1-3-15(17)13-29-21(20-7-10-35-32-20)11-19(28)23-30-14-18(26)24(31-23)33-8-5-16(6-9-33)36-22(34)12-27/h1-4,7,10-11,14,16,28-29H,5-6,8-9,12-13,27H2/b21-11-,28-19?. The average molecular weight is 498 g/mol. The summed E-state index contributed by atoms with van der Waals surface area (Å²) in [4.78, 5) is 21.4. The summed E-state index contributed by atoms with van der Waals surface area (Å²) < 4.78 is 38.8. The molecule has 12 heteroatoms. The van der Waals surface area contributed by atoms with Crippen LogP contribution in [-0.2, 0) is 16.1 Å². The Morgan fingerprint density at radius 3 is 2.72 bits per heavy atom. The molecule has 3 aromatic rings. The van der Waals surface area contributed by atoms with Crippen LogP contribution in [0.25, 0.3) is 5.70 Å². The molecule has 0 bridgehead atoms. The van der Waals surface area contributed by atoms with Gasteiger partial charge in [-0.2, -0.15) is 0 Å². The second kappa shape index (κ2) is 11.5. The molecule has 0 unspecified atom stereocenters. The summed E-state index contributed by atoms with van der Waals surface area (Å²) in [6.07, 6.45) is 4.53. The van der Waals surface area contributed by atoms with E-state index in [2.05, 4.69) is 20.4 Å². The summed E-state index contributed by atoms with van der Waals surface area (Å²) in [5.74, 6) is -1.41. The molecule has 0 spiro atoms. The van der Waals surface area contributed by atoms with Crippen molar-refractivity contribution in [2.75, 3.05) is 24.5 Å². The molecule has 4 N–H and O–H groups in total. The predicted molar refractivity (Wildman–Crippen MR) is 127 cm³/mol. The van der Waals surface area contributed by atoms with Gasteiger partial charge in [-0.05, 0) is 12.1 Å². The first-order chi connectivity index (χ1) is 17.4. The van der Waals surface area contributed by atoms with Gasteiger partial charge < -0.3 is 25.2 Å². The summed E-state index contributed by atoms with van der Waals surface area (Å²) in [6.45, 7) is 0.768. The highest BCUT2D eigenvalue weighted by molar-refractivity contribution is 6.07. The van der Waals surface area contributed by atoms with Gasteiger partial charge in [0.25, 0.3) is 0 Å². The van der Waals surface area contributed by atoms with Crippen LogP contribution >= 0.6 is 0 Å². The van der Waals surface area contributed by atoms with Crippen molar-refractivity contribution in [2.45, 2.75) is 25.5 Å². The Balaban J connectivity index is 1.50. The Morgan fingerprint density at radius 1 is 1.25 bits per heavy atom. The van der Waals surface area contributed by atoms with Gasteiger partial charge in [0.05, 0.1) is 18.4 Å². The van der Waals surface area contributed by atoms with Gasteiger partial charge in [0.15, 0.2) is 17.5 Å². The maximum atomic E-state index is 14.6. The maximum absolute atomic E-state index is 14.6. The molecule has 36 heavy (non-hydrogen) atoms. The first-order valence-electron chi connectivity index (χ1n) is 11.3.